The lowest BCUT2D eigenvalue weighted by Crippen LogP contribution is -2.44. The minimum Gasteiger partial charge on any atom is -0.342 e. The Hall–Kier alpha value is -3.15. The molecule has 0 spiro atoms. The number of aromatic nitrogens is 2. The fourth-order valence-corrected chi connectivity index (χ4v) is 6.40. The third kappa shape index (κ3) is 4.66. The smallest absolute Gasteiger partial charge is 0.342 e. The van der Waals surface area contributed by atoms with Crippen LogP contribution in [-0.4, -0.2) is 57.6 Å². The number of likely N-dealkylation sites (tertiary alicyclic amines) is 1. The first-order valence-electron chi connectivity index (χ1n) is 13.5. The van der Waals surface area contributed by atoms with E-state index in [0.717, 1.165) is 28.9 Å². The number of nitrogens with one attached hydrogen (secondary N) is 2. The molecule has 208 valence electrons. The zero-order chi connectivity index (χ0) is 27.5. The Balaban J connectivity index is 1.43. The van der Waals surface area contributed by atoms with E-state index < -0.39 is 17.4 Å². The highest BCUT2D eigenvalue weighted by molar-refractivity contribution is 5.73. The number of halogens is 3. The van der Waals surface area contributed by atoms with Crippen molar-refractivity contribution < 1.29 is 18.0 Å². The Morgan fingerprint density at radius 3 is 2.54 bits per heavy atom. The van der Waals surface area contributed by atoms with Crippen molar-refractivity contribution in [2.75, 3.05) is 26.8 Å². The van der Waals surface area contributed by atoms with E-state index in [-0.39, 0.29) is 29.4 Å². The van der Waals surface area contributed by atoms with Gasteiger partial charge in [-0.2, -0.15) is 13.2 Å². The second kappa shape index (κ2) is 9.79. The van der Waals surface area contributed by atoms with Crippen molar-refractivity contribution in [3.05, 3.63) is 69.9 Å². The number of alkyl halides is 3. The summed E-state index contributed by atoms with van der Waals surface area (Å²) in [7, 11) is 2.05. The van der Waals surface area contributed by atoms with E-state index in [1.54, 1.807) is 11.0 Å². The molecule has 3 aliphatic rings. The molecule has 2 N–H and O–H groups in total. The maximum atomic E-state index is 14.2. The van der Waals surface area contributed by atoms with Crippen LogP contribution in [-0.2, 0) is 11.0 Å². The van der Waals surface area contributed by atoms with Gasteiger partial charge >= 0.3 is 11.9 Å². The second-order valence-corrected chi connectivity index (χ2v) is 11.2. The number of carbonyl (C=O) groups is 1. The first-order valence-corrected chi connectivity index (χ1v) is 13.5. The molecule has 3 atom stereocenters. The Labute approximate surface area is 224 Å². The number of pyridine rings is 1. The largest absolute Gasteiger partial charge is 0.418 e. The molecule has 4 heterocycles. The van der Waals surface area contributed by atoms with Crippen molar-refractivity contribution in [1.29, 1.82) is 0 Å². The summed E-state index contributed by atoms with van der Waals surface area (Å²) < 4.78 is 45.1. The summed E-state index contributed by atoms with van der Waals surface area (Å²) in [6, 6.07) is 8.76. The van der Waals surface area contributed by atoms with Crippen LogP contribution < -0.4 is 16.5 Å². The van der Waals surface area contributed by atoms with Gasteiger partial charge in [0.25, 0.3) is 0 Å². The quantitative estimate of drug-likeness (QED) is 0.515. The van der Waals surface area contributed by atoms with Gasteiger partial charge < -0.3 is 4.90 Å². The Kier molecular flexibility index (Phi) is 6.55. The first-order chi connectivity index (χ1) is 18.6. The van der Waals surface area contributed by atoms with Gasteiger partial charge in [0.05, 0.1) is 29.6 Å². The monoisotopic (exact) mass is 542 g/mol. The molecule has 1 unspecified atom stereocenters. The number of imidazole rings is 1. The van der Waals surface area contributed by atoms with Crippen molar-refractivity contribution in [2.45, 2.75) is 56.8 Å². The number of hydrazine groups is 1. The van der Waals surface area contributed by atoms with Crippen LogP contribution in [0.1, 0.15) is 61.1 Å². The SMILES string of the molecule is CC(=O)N1CC[C@@H](c2cc(C(F)(F)F)c3cn(-c4cccc([C@@H](C5CCC5)C5NNCN5C)c4)c(=O)n3c2)C1. The molecule has 6 rings (SSSR count). The molecule has 1 aromatic carbocycles. The number of likely N-dealkylation sites (N-methyl/N-ethyl adjacent to an activating group) is 1. The van der Waals surface area contributed by atoms with E-state index >= 15 is 0 Å². The number of hydrogen-bond acceptors (Lipinski definition) is 5. The van der Waals surface area contributed by atoms with Gasteiger partial charge in [-0.3, -0.25) is 18.7 Å². The lowest BCUT2D eigenvalue weighted by Gasteiger charge is -2.39. The topological polar surface area (TPSA) is 74.0 Å². The molecule has 39 heavy (non-hydrogen) atoms. The van der Waals surface area contributed by atoms with Crippen molar-refractivity contribution in [2.24, 2.45) is 5.92 Å². The minimum absolute atomic E-state index is 0.0794. The Morgan fingerprint density at radius 1 is 1.13 bits per heavy atom. The lowest BCUT2D eigenvalue weighted by molar-refractivity contribution is -0.136. The van der Waals surface area contributed by atoms with Crippen molar-refractivity contribution in [1.82, 2.24) is 29.6 Å². The van der Waals surface area contributed by atoms with Crippen LogP contribution in [0.3, 0.4) is 0 Å². The average Bonchev–Trinajstić information content (AvgIpc) is 3.59. The second-order valence-electron chi connectivity index (χ2n) is 11.2. The average molecular weight is 543 g/mol. The van der Waals surface area contributed by atoms with Crippen LogP contribution in [0.4, 0.5) is 13.2 Å². The van der Waals surface area contributed by atoms with Crippen LogP contribution >= 0.6 is 0 Å². The van der Waals surface area contributed by atoms with Crippen molar-refractivity contribution >= 4 is 11.4 Å². The summed E-state index contributed by atoms with van der Waals surface area (Å²) >= 11 is 0. The standard InChI is InChI=1S/C28H33F3N6O2/c1-17(38)35-10-9-20(13-35)21-12-23(28(29,30)31)24-15-36(27(39)37(24)14-21)22-8-4-7-19(11-22)25(18-5-3-6-18)26-33-32-16-34(26)2/h4,7-8,11-12,14-15,18,20,25-26,32-33H,3,5-6,9-10,13,16H2,1-2H3/t20-,25-,26?/m1/s1. The normalized spacial score (nSPS) is 23.5. The van der Waals surface area contributed by atoms with E-state index in [2.05, 4.69) is 22.8 Å². The minimum atomic E-state index is -4.64. The number of nitrogens with zero attached hydrogens (tertiary/aromatic N) is 4. The third-order valence-corrected chi connectivity index (χ3v) is 8.78. The van der Waals surface area contributed by atoms with Crippen LogP contribution in [0, 0.1) is 5.92 Å². The number of amides is 1. The molecule has 11 heteroatoms. The van der Waals surface area contributed by atoms with Crippen LogP contribution in [0.15, 0.2) is 47.5 Å². The van der Waals surface area contributed by atoms with Gasteiger partial charge in [0.1, 0.15) is 0 Å². The predicted octanol–water partition coefficient (Wildman–Crippen LogP) is 3.65. The van der Waals surface area contributed by atoms with Gasteiger partial charge in [-0.25, -0.2) is 15.6 Å². The molecule has 3 aromatic rings. The Bertz CT molecular complexity index is 1460. The maximum Gasteiger partial charge on any atom is 0.418 e. The molecule has 1 aliphatic carbocycles. The number of fused-ring (bicyclic) bond motifs is 1. The third-order valence-electron chi connectivity index (χ3n) is 8.78. The zero-order valence-corrected chi connectivity index (χ0v) is 22.0. The number of benzene rings is 1. The first kappa shape index (κ1) is 26.1. The fraction of sp³-hybridized carbons (Fsp3) is 0.500. The summed E-state index contributed by atoms with van der Waals surface area (Å²) in [5.41, 5.74) is 7.00. The Morgan fingerprint density at radius 2 is 1.92 bits per heavy atom. The summed E-state index contributed by atoms with van der Waals surface area (Å²) in [4.78, 5) is 29.2. The highest BCUT2D eigenvalue weighted by Gasteiger charge is 2.39. The molecule has 2 saturated heterocycles. The molecule has 2 aromatic heterocycles. The summed E-state index contributed by atoms with van der Waals surface area (Å²) in [5.74, 6) is 0.305. The number of carbonyl (C=O) groups excluding carboxylic acids is 1. The van der Waals surface area contributed by atoms with Crippen molar-refractivity contribution in [3.63, 3.8) is 0 Å². The molecular weight excluding hydrogens is 509 g/mol. The molecule has 3 fully saturated rings. The fourth-order valence-electron chi connectivity index (χ4n) is 6.40. The molecule has 0 bridgehead atoms. The van der Waals surface area contributed by atoms with Crippen LogP contribution in [0.5, 0.6) is 0 Å². The van der Waals surface area contributed by atoms with Gasteiger partial charge in [0.2, 0.25) is 5.91 Å². The highest BCUT2D eigenvalue weighted by atomic mass is 19.4. The van der Waals surface area contributed by atoms with E-state index in [4.69, 9.17) is 0 Å². The van der Waals surface area contributed by atoms with Gasteiger partial charge in [-0.05, 0) is 61.6 Å². The van der Waals surface area contributed by atoms with Crippen LogP contribution in [0.2, 0.25) is 0 Å². The van der Waals surface area contributed by atoms with E-state index in [1.165, 1.54) is 30.3 Å². The summed E-state index contributed by atoms with van der Waals surface area (Å²) in [6.45, 7) is 3.01. The molecule has 1 amide bonds. The van der Waals surface area contributed by atoms with Gasteiger partial charge in [-0.15, -0.1) is 0 Å². The van der Waals surface area contributed by atoms with E-state index in [1.807, 2.05) is 18.2 Å². The van der Waals surface area contributed by atoms with Gasteiger partial charge in [0, 0.05) is 44.2 Å². The predicted molar refractivity (Wildman–Crippen MR) is 140 cm³/mol. The number of rotatable bonds is 5. The molecular formula is C28H33F3N6O2. The van der Waals surface area contributed by atoms with Crippen LogP contribution in [0.25, 0.3) is 11.2 Å². The molecule has 1 saturated carbocycles. The molecule has 2 aliphatic heterocycles. The van der Waals surface area contributed by atoms with Gasteiger partial charge in [-0.1, -0.05) is 18.6 Å². The lowest BCUT2D eigenvalue weighted by atomic mass is 9.71. The summed E-state index contributed by atoms with van der Waals surface area (Å²) in [5, 5.41) is 0. The van der Waals surface area contributed by atoms with Gasteiger partial charge in [0.15, 0.2) is 0 Å². The van der Waals surface area contributed by atoms with Crippen molar-refractivity contribution in [3.8, 4) is 5.69 Å². The zero-order valence-electron chi connectivity index (χ0n) is 22.0. The number of hydrogen-bond donors (Lipinski definition) is 2. The summed E-state index contributed by atoms with van der Waals surface area (Å²) in [6.07, 6.45) is 2.24. The van der Waals surface area contributed by atoms with E-state index in [9.17, 15) is 22.8 Å². The van der Waals surface area contributed by atoms with E-state index in [0.29, 0.717) is 43.3 Å². The highest BCUT2D eigenvalue weighted by Crippen LogP contribution is 2.43. The molecule has 0 radical (unpaired) electrons. The maximum absolute atomic E-state index is 14.2. The molecule has 8 nitrogen and oxygen atoms in total.